The molecule has 1 heterocycles. The van der Waals surface area contributed by atoms with Crippen molar-refractivity contribution in [3.8, 4) is 11.5 Å². The molecule has 0 radical (unpaired) electrons. The molecule has 0 aromatic heterocycles. The van der Waals surface area contributed by atoms with Gasteiger partial charge in [-0.2, -0.15) is 0 Å². The number of hydrogen-bond acceptors (Lipinski definition) is 6. The van der Waals surface area contributed by atoms with Gasteiger partial charge in [0.15, 0.2) is 23.3 Å². The van der Waals surface area contributed by atoms with Gasteiger partial charge in [-0.25, -0.2) is 9.79 Å². The van der Waals surface area contributed by atoms with E-state index in [0.29, 0.717) is 42.9 Å². The van der Waals surface area contributed by atoms with Gasteiger partial charge in [0.25, 0.3) is 5.91 Å². The van der Waals surface area contributed by atoms with Crippen LogP contribution in [-0.4, -0.2) is 35.9 Å². The first-order valence-electron chi connectivity index (χ1n) is 8.13. The number of carboxylic acids is 1. The van der Waals surface area contributed by atoms with Gasteiger partial charge in [-0.05, 0) is 53.7 Å². The summed E-state index contributed by atoms with van der Waals surface area (Å²) in [6, 6.07) is 9.83. The normalized spacial score (nSPS) is 16.2. The van der Waals surface area contributed by atoms with E-state index in [2.05, 4.69) is 10.3 Å². The van der Waals surface area contributed by atoms with E-state index in [1.165, 1.54) is 18.9 Å². The number of methoxy groups -OCH3 is 1. The zero-order valence-electron chi connectivity index (χ0n) is 14.9. The van der Waals surface area contributed by atoms with Gasteiger partial charge in [-0.15, -0.1) is 0 Å². The first-order valence-corrected chi connectivity index (χ1v) is 9.70. The third-order valence-electron chi connectivity index (χ3n) is 3.62. The molecule has 1 saturated heterocycles. The zero-order valence-corrected chi connectivity index (χ0v) is 17.3. The van der Waals surface area contributed by atoms with Crippen LogP contribution in [0.25, 0.3) is 6.08 Å². The van der Waals surface area contributed by atoms with Gasteiger partial charge in [0.2, 0.25) is 0 Å². The number of carboxylic acid groups (broad SMARTS) is 1. The summed E-state index contributed by atoms with van der Waals surface area (Å²) in [6.07, 6.45) is 1.67. The summed E-state index contributed by atoms with van der Waals surface area (Å²) in [5.74, 6) is -0.735. The van der Waals surface area contributed by atoms with Crippen molar-refractivity contribution in [1.82, 2.24) is 5.32 Å². The lowest BCUT2D eigenvalue weighted by molar-refractivity contribution is -0.139. The van der Waals surface area contributed by atoms with Gasteiger partial charge in [-0.3, -0.25) is 4.79 Å². The predicted molar refractivity (Wildman–Crippen MR) is 113 cm³/mol. The molecule has 2 N–H and O–H groups in total. The Hall–Kier alpha value is -2.68. The zero-order chi connectivity index (χ0) is 21.0. The summed E-state index contributed by atoms with van der Waals surface area (Å²) in [5, 5.41) is 12.6. The summed E-state index contributed by atoms with van der Waals surface area (Å²) >= 11 is 13.1. The van der Waals surface area contributed by atoms with E-state index < -0.39 is 12.6 Å². The molecule has 2 aromatic carbocycles. The molecule has 1 aliphatic heterocycles. The average Bonchev–Trinajstić information content (AvgIpc) is 3.02. The van der Waals surface area contributed by atoms with Crippen LogP contribution < -0.4 is 14.8 Å². The number of ether oxygens (including phenoxy) is 2. The second kappa shape index (κ2) is 9.21. The highest BCUT2D eigenvalue weighted by Crippen LogP contribution is 2.33. The number of amidine groups is 1. The number of nitrogens with zero attached hydrogens (tertiary/aromatic N) is 1. The van der Waals surface area contributed by atoms with Gasteiger partial charge >= 0.3 is 5.97 Å². The summed E-state index contributed by atoms with van der Waals surface area (Å²) in [4.78, 5) is 27.7. The molecule has 0 saturated carbocycles. The lowest BCUT2D eigenvalue weighted by Gasteiger charge is -2.09. The Bertz CT molecular complexity index is 1040. The Morgan fingerprint density at radius 2 is 2.00 bits per heavy atom. The van der Waals surface area contributed by atoms with Crippen LogP contribution in [0, 0.1) is 0 Å². The van der Waals surface area contributed by atoms with E-state index in [9.17, 15) is 9.59 Å². The molecule has 10 heteroatoms. The molecule has 1 aliphatic rings. The van der Waals surface area contributed by atoms with Crippen LogP contribution in [0.2, 0.25) is 10.0 Å². The fourth-order valence-electron chi connectivity index (χ4n) is 2.34. The molecule has 0 atom stereocenters. The highest BCUT2D eigenvalue weighted by Gasteiger charge is 2.24. The van der Waals surface area contributed by atoms with Gasteiger partial charge in [0, 0.05) is 0 Å². The molecule has 2 aromatic rings. The van der Waals surface area contributed by atoms with Crippen LogP contribution in [0.3, 0.4) is 0 Å². The maximum atomic E-state index is 12.2. The number of nitrogens with one attached hydrogen (secondary N) is 1. The monoisotopic (exact) mass is 452 g/mol. The molecule has 0 unspecified atom stereocenters. The van der Waals surface area contributed by atoms with Gasteiger partial charge in [0.1, 0.15) is 0 Å². The largest absolute Gasteiger partial charge is 0.493 e. The number of carbonyl (C=O) groups is 2. The summed E-state index contributed by atoms with van der Waals surface area (Å²) in [5.41, 5.74) is 1.24. The summed E-state index contributed by atoms with van der Waals surface area (Å²) in [6.45, 7) is -0.483. The second-order valence-electron chi connectivity index (χ2n) is 5.67. The van der Waals surface area contributed by atoms with Crippen molar-refractivity contribution in [1.29, 1.82) is 0 Å². The Morgan fingerprint density at radius 3 is 2.69 bits per heavy atom. The topological polar surface area (TPSA) is 97.2 Å². The summed E-state index contributed by atoms with van der Waals surface area (Å²) in [7, 11) is 1.44. The third-order valence-corrected chi connectivity index (χ3v) is 5.27. The SMILES string of the molecule is COc1cc(/C=C2/SC(=Nc3ccc(Cl)c(Cl)c3)NC2=O)ccc1OCC(=O)O. The van der Waals surface area contributed by atoms with Crippen molar-refractivity contribution in [2.24, 2.45) is 4.99 Å². The molecular weight excluding hydrogens is 439 g/mol. The van der Waals surface area contributed by atoms with E-state index in [-0.39, 0.29) is 5.91 Å². The molecule has 150 valence electrons. The highest BCUT2D eigenvalue weighted by molar-refractivity contribution is 8.18. The number of aliphatic imine (C=N–C) groups is 1. The number of benzene rings is 2. The fourth-order valence-corrected chi connectivity index (χ4v) is 3.47. The number of rotatable bonds is 6. The number of hydrogen-bond donors (Lipinski definition) is 2. The highest BCUT2D eigenvalue weighted by atomic mass is 35.5. The molecule has 1 fully saturated rings. The molecule has 0 aliphatic carbocycles. The Kier molecular flexibility index (Phi) is 6.68. The van der Waals surface area contributed by atoms with E-state index in [1.54, 1.807) is 42.5 Å². The number of amides is 1. The molecule has 1 amide bonds. The Labute approximate surface area is 180 Å². The van der Waals surface area contributed by atoms with E-state index in [1.807, 2.05) is 0 Å². The quantitative estimate of drug-likeness (QED) is 0.631. The second-order valence-corrected chi connectivity index (χ2v) is 7.52. The third kappa shape index (κ3) is 5.44. The molecule has 0 bridgehead atoms. The molecule has 7 nitrogen and oxygen atoms in total. The van der Waals surface area contributed by atoms with Crippen LogP contribution in [0.4, 0.5) is 5.69 Å². The fraction of sp³-hybridized carbons (Fsp3) is 0.105. The molecule has 0 spiro atoms. The lowest BCUT2D eigenvalue weighted by atomic mass is 10.2. The minimum Gasteiger partial charge on any atom is -0.493 e. The number of thioether (sulfide) groups is 1. The minimum atomic E-state index is -1.09. The first kappa shape index (κ1) is 21.0. The first-order chi connectivity index (χ1) is 13.9. The number of aliphatic carboxylic acids is 1. The van der Waals surface area contributed by atoms with Gasteiger partial charge in [-0.1, -0.05) is 29.3 Å². The number of halogens is 2. The minimum absolute atomic E-state index is 0.293. The molecular formula is C19H14Cl2N2O5S. The Balaban J connectivity index is 1.79. The number of carbonyl (C=O) groups excluding carboxylic acids is 1. The predicted octanol–water partition coefficient (Wildman–Crippen LogP) is 4.36. The average molecular weight is 453 g/mol. The van der Waals surface area contributed by atoms with Crippen molar-refractivity contribution < 1.29 is 24.2 Å². The van der Waals surface area contributed by atoms with Crippen molar-refractivity contribution >= 4 is 63.8 Å². The van der Waals surface area contributed by atoms with Crippen LogP contribution in [0.1, 0.15) is 5.56 Å². The molecule has 3 rings (SSSR count). The maximum absolute atomic E-state index is 12.2. The van der Waals surface area contributed by atoms with Crippen molar-refractivity contribution in [3.63, 3.8) is 0 Å². The summed E-state index contributed by atoms with van der Waals surface area (Å²) < 4.78 is 10.4. The van der Waals surface area contributed by atoms with Crippen molar-refractivity contribution in [2.75, 3.05) is 13.7 Å². The van der Waals surface area contributed by atoms with Crippen LogP contribution >= 0.6 is 35.0 Å². The van der Waals surface area contributed by atoms with Crippen molar-refractivity contribution in [2.45, 2.75) is 0 Å². The van der Waals surface area contributed by atoms with Crippen LogP contribution in [-0.2, 0) is 9.59 Å². The van der Waals surface area contributed by atoms with Crippen LogP contribution in [0.5, 0.6) is 11.5 Å². The standard InChI is InChI=1S/C19H14Cl2N2O5S/c1-27-15-6-10(2-5-14(15)28-9-17(24)25)7-16-18(26)23-19(29-16)22-11-3-4-12(20)13(21)8-11/h2-8H,9H2,1H3,(H,24,25)(H,22,23,26)/b16-7+. The van der Waals surface area contributed by atoms with E-state index >= 15 is 0 Å². The smallest absolute Gasteiger partial charge is 0.341 e. The maximum Gasteiger partial charge on any atom is 0.341 e. The molecule has 29 heavy (non-hydrogen) atoms. The Morgan fingerprint density at radius 1 is 1.21 bits per heavy atom. The van der Waals surface area contributed by atoms with Crippen LogP contribution in [0.15, 0.2) is 46.3 Å². The van der Waals surface area contributed by atoms with E-state index in [0.717, 1.165) is 0 Å². The van der Waals surface area contributed by atoms with Gasteiger partial charge < -0.3 is 19.9 Å². The van der Waals surface area contributed by atoms with Gasteiger partial charge in [0.05, 0.1) is 27.7 Å². The van der Waals surface area contributed by atoms with Crippen molar-refractivity contribution in [3.05, 3.63) is 56.9 Å². The van der Waals surface area contributed by atoms with E-state index in [4.69, 9.17) is 37.8 Å². The lowest BCUT2D eigenvalue weighted by Crippen LogP contribution is -2.19.